The van der Waals surface area contributed by atoms with Crippen LogP contribution in [0.2, 0.25) is 0 Å². The molecule has 0 spiro atoms. The molecule has 0 radical (unpaired) electrons. The number of aliphatic carboxylic acids is 1. The van der Waals surface area contributed by atoms with Crippen molar-refractivity contribution in [2.24, 2.45) is 0 Å². The highest BCUT2D eigenvalue weighted by Crippen LogP contribution is 2.19. The molecule has 3 rings (SSSR count). The average molecular weight is 318 g/mol. The third kappa shape index (κ3) is 3.05. The minimum Gasteiger partial charge on any atom is -0.480 e. The molecule has 23 heavy (non-hydrogen) atoms. The number of piperidine rings is 1. The monoisotopic (exact) mass is 318 g/mol. The van der Waals surface area contributed by atoms with Gasteiger partial charge in [-0.1, -0.05) is 5.21 Å². The van der Waals surface area contributed by atoms with Crippen LogP contribution in [0.15, 0.2) is 30.5 Å². The molecule has 1 aromatic heterocycles. The lowest BCUT2D eigenvalue weighted by molar-refractivity contribution is -0.143. The molecule has 1 aliphatic heterocycles. The number of halogens is 1. The van der Waals surface area contributed by atoms with Crippen molar-refractivity contribution in [2.75, 3.05) is 6.54 Å². The van der Waals surface area contributed by atoms with Crippen LogP contribution in [0, 0.1) is 5.82 Å². The van der Waals surface area contributed by atoms with Crippen molar-refractivity contribution >= 4 is 11.9 Å². The maximum absolute atomic E-state index is 12.9. The summed E-state index contributed by atoms with van der Waals surface area (Å²) < 4.78 is 14.3. The zero-order chi connectivity index (χ0) is 16.4. The number of aromatic nitrogens is 3. The van der Waals surface area contributed by atoms with Crippen molar-refractivity contribution in [3.8, 4) is 5.69 Å². The van der Waals surface area contributed by atoms with Gasteiger partial charge >= 0.3 is 5.97 Å². The second-order valence-corrected chi connectivity index (χ2v) is 5.37. The Bertz CT molecular complexity index is 729. The number of carboxylic acid groups (broad SMARTS) is 1. The third-order valence-corrected chi connectivity index (χ3v) is 3.85. The molecule has 1 saturated heterocycles. The Morgan fingerprint density at radius 1 is 1.22 bits per heavy atom. The highest BCUT2D eigenvalue weighted by Gasteiger charge is 2.33. The van der Waals surface area contributed by atoms with Crippen LogP contribution in [0.4, 0.5) is 4.39 Å². The van der Waals surface area contributed by atoms with Gasteiger partial charge in [-0.15, -0.1) is 5.10 Å². The number of rotatable bonds is 3. The summed E-state index contributed by atoms with van der Waals surface area (Å²) in [4.78, 5) is 25.1. The Hall–Kier alpha value is -2.77. The number of carbonyl (C=O) groups is 2. The molecule has 2 aromatic rings. The van der Waals surface area contributed by atoms with Gasteiger partial charge in [-0.25, -0.2) is 13.9 Å². The molecule has 8 heteroatoms. The molecule has 1 unspecified atom stereocenters. The van der Waals surface area contributed by atoms with Crippen LogP contribution in [0.3, 0.4) is 0 Å². The lowest BCUT2D eigenvalue weighted by Crippen LogP contribution is -2.48. The van der Waals surface area contributed by atoms with Crippen molar-refractivity contribution < 1.29 is 19.1 Å². The fourth-order valence-electron chi connectivity index (χ4n) is 2.66. The first kappa shape index (κ1) is 15.1. The minimum atomic E-state index is -1.01. The number of likely N-dealkylation sites (tertiary alicyclic amines) is 1. The number of carboxylic acids is 1. The molecule has 120 valence electrons. The van der Waals surface area contributed by atoms with E-state index in [0.29, 0.717) is 18.7 Å². The summed E-state index contributed by atoms with van der Waals surface area (Å²) in [6.45, 7) is 0.388. The van der Waals surface area contributed by atoms with Gasteiger partial charge in [-0.05, 0) is 43.5 Å². The lowest BCUT2D eigenvalue weighted by atomic mass is 10.0. The summed E-state index contributed by atoms with van der Waals surface area (Å²) in [5.41, 5.74) is 0.633. The molecule has 1 atom stereocenters. The van der Waals surface area contributed by atoms with E-state index in [1.807, 2.05) is 0 Å². The van der Waals surface area contributed by atoms with E-state index >= 15 is 0 Å². The average Bonchev–Trinajstić information content (AvgIpc) is 3.04. The van der Waals surface area contributed by atoms with E-state index in [9.17, 15) is 19.1 Å². The van der Waals surface area contributed by atoms with E-state index in [-0.39, 0.29) is 11.5 Å². The maximum atomic E-state index is 12.9. The van der Waals surface area contributed by atoms with Crippen LogP contribution >= 0.6 is 0 Å². The van der Waals surface area contributed by atoms with Gasteiger partial charge < -0.3 is 10.0 Å². The minimum absolute atomic E-state index is 0.0717. The molecule has 0 aliphatic carbocycles. The molecular formula is C15H15FN4O3. The first-order chi connectivity index (χ1) is 11.1. The van der Waals surface area contributed by atoms with Gasteiger partial charge in [0.25, 0.3) is 5.91 Å². The SMILES string of the molecule is O=C(O)C1CCCCN1C(=O)c1cn(-c2ccc(F)cc2)nn1. The Kier molecular flexibility index (Phi) is 4.05. The predicted molar refractivity (Wildman–Crippen MR) is 77.6 cm³/mol. The van der Waals surface area contributed by atoms with E-state index in [4.69, 9.17) is 0 Å². The Morgan fingerprint density at radius 3 is 2.65 bits per heavy atom. The van der Waals surface area contributed by atoms with Crippen molar-refractivity contribution in [3.05, 3.63) is 42.0 Å². The van der Waals surface area contributed by atoms with E-state index in [1.165, 1.54) is 40.0 Å². The van der Waals surface area contributed by atoms with Crippen molar-refractivity contribution in [1.82, 2.24) is 19.9 Å². The predicted octanol–water partition coefficient (Wildman–Crippen LogP) is 1.49. The molecule has 1 amide bonds. The molecule has 1 fully saturated rings. The Balaban J connectivity index is 1.83. The Morgan fingerprint density at radius 2 is 1.96 bits per heavy atom. The number of benzene rings is 1. The van der Waals surface area contributed by atoms with E-state index < -0.39 is 17.9 Å². The van der Waals surface area contributed by atoms with Gasteiger partial charge in [0.2, 0.25) is 0 Å². The Labute approximate surface area is 131 Å². The second-order valence-electron chi connectivity index (χ2n) is 5.37. The van der Waals surface area contributed by atoms with Crippen LogP contribution < -0.4 is 0 Å². The number of nitrogens with zero attached hydrogens (tertiary/aromatic N) is 4. The lowest BCUT2D eigenvalue weighted by Gasteiger charge is -2.32. The van der Waals surface area contributed by atoms with Gasteiger partial charge in [-0.3, -0.25) is 4.79 Å². The topological polar surface area (TPSA) is 88.3 Å². The second kappa shape index (κ2) is 6.15. The number of carbonyl (C=O) groups excluding carboxylic acids is 1. The van der Waals surface area contributed by atoms with Crippen LogP contribution in [-0.4, -0.2) is 49.5 Å². The molecule has 1 N–H and O–H groups in total. The third-order valence-electron chi connectivity index (χ3n) is 3.85. The van der Waals surface area contributed by atoms with Gasteiger partial charge in [-0.2, -0.15) is 0 Å². The van der Waals surface area contributed by atoms with E-state index in [2.05, 4.69) is 10.3 Å². The van der Waals surface area contributed by atoms with Crippen LogP contribution in [0.1, 0.15) is 29.8 Å². The van der Waals surface area contributed by atoms with Gasteiger partial charge in [0, 0.05) is 6.54 Å². The van der Waals surface area contributed by atoms with Crippen LogP contribution in [0.25, 0.3) is 5.69 Å². The van der Waals surface area contributed by atoms with E-state index in [0.717, 1.165) is 12.8 Å². The fraction of sp³-hybridized carbons (Fsp3) is 0.333. The summed E-state index contributed by atoms with van der Waals surface area (Å²) >= 11 is 0. The van der Waals surface area contributed by atoms with Crippen LogP contribution in [0.5, 0.6) is 0 Å². The molecule has 7 nitrogen and oxygen atoms in total. The number of amides is 1. The van der Waals surface area contributed by atoms with Crippen LogP contribution in [-0.2, 0) is 4.79 Å². The maximum Gasteiger partial charge on any atom is 0.326 e. The largest absolute Gasteiger partial charge is 0.480 e. The first-order valence-corrected chi connectivity index (χ1v) is 7.28. The normalized spacial score (nSPS) is 18.0. The molecule has 1 aromatic carbocycles. The molecular weight excluding hydrogens is 303 g/mol. The smallest absolute Gasteiger partial charge is 0.326 e. The van der Waals surface area contributed by atoms with Crippen molar-refractivity contribution in [3.63, 3.8) is 0 Å². The quantitative estimate of drug-likeness (QED) is 0.926. The first-order valence-electron chi connectivity index (χ1n) is 7.28. The van der Waals surface area contributed by atoms with E-state index in [1.54, 1.807) is 0 Å². The highest BCUT2D eigenvalue weighted by atomic mass is 19.1. The van der Waals surface area contributed by atoms with Crippen molar-refractivity contribution in [2.45, 2.75) is 25.3 Å². The number of hydrogen-bond donors (Lipinski definition) is 1. The summed E-state index contributed by atoms with van der Waals surface area (Å²) in [7, 11) is 0. The van der Waals surface area contributed by atoms with Gasteiger partial charge in [0.15, 0.2) is 5.69 Å². The standard InChI is InChI=1S/C15H15FN4O3/c16-10-4-6-11(7-5-10)20-9-12(17-18-20)14(21)19-8-2-1-3-13(19)15(22)23/h4-7,9,13H,1-3,8H2,(H,22,23). The van der Waals surface area contributed by atoms with Gasteiger partial charge in [0.05, 0.1) is 11.9 Å². The zero-order valence-corrected chi connectivity index (χ0v) is 12.2. The molecule has 2 heterocycles. The zero-order valence-electron chi connectivity index (χ0n) is 12.2. The summed E-state index contributed by atoms with van der Waals surface area (Å²) in [6, 6.07) is 4.76. The van der Waals surface area contributed by atoms with Crippen molar-refractivity contribution in [1.29, 1.82) is 0 Å². The molecule has 0 bridgehead atoms. The fourth-order valence-corrected chi connectivity index (χ4v) is 2.66. The highest BCUT2D eigenvalue weighted by molar-refractivity contribution is 5.94. The summed E-state index contributed by atoms with van der Waals surface area (Å²) in [6.07, 6.45) is 3.40. The summed E-state index contributed by atoms with van der Waals surface area (Å²) in [5, 5.41) is 16.9. The molecule has 0 saturated carbocycles. The van der Waals surface area contributed by atoms with Gasteiger partial charge in [0.1, 0.15) is 11.9 Å². The summed E-state index contributed by atoms with van der Waals surface area (Å²) in [5.74, 6) is -1.84. The number of hydrogen-bond acceptors (Lipinski definition) is 4. The molecule has 1 aliphatic rings.